The highest BCUT2D eigenvalue weighted by molar-refractivity contribution is 4.90. The zero-order chi connectivity index (χ0) is 12.0. The molecule has 92 valence electrons. The van der Waals surface area contributed by atoms with Gasteiger partial charge >= 0.3 is 0 Å². The Kier molecular flexibility index (Phi) is 4.92. The van der Waals surface area contributed by atoms with Crippen molar-refractivity contribution in [3.63, 3.8) is 0 Å². The predicted octanol–water partition coefficient (Wildman–Crippen LogP) is -0.0855. The van der Waals surface area contributed by atoms with Crippen LogP contribution in [-0.2, 0) is 6.54 Å². The second kappa shape index (κ2) is 5.98. The molecule has 0 aliphatic rings. The predicted molar refractivity (Wildman–Crippen MR) is 62.2 cm³/mol. The van der Waals surface area contributed by atoms with Gasteiger partial charge in [0.1, 0.15) is 5.82 Å². The molecule has 0 saturated heterocycles. The minimum Gasteiger partial charge on any atom is -0.394 e. The Morgan fingerprint density at radius 2 is 2.12 bits per heavy atom. The van der Waals surface area contributed by atoms with E-state index in [0.717, 1.165) is 12.4 Å². The van der Waals surface area contributed by atoms with Crippen molar-refractivity contribution in [3.05, 3.63) is 18.2 Å². The first-order valence-electron chi connectivity index (χ1n) is 5.62. The Morgan fingerprint density at radius 1 is 1.44 bits per heavy atom. The highest BCUT2D eigenvalue weighted by atomic mass is 16.3. The second-order valence-electron chi connectivity index (χ2n) is 4.04. The van der Waals surface area contributed by atoms with E-state index in [-0.39, 0.29) is 13.2 Å². The zero-order valence-electron chi connectivity index (χ0n) is 9.98. The number of aryl methyl sites for hydroxylation is 1. The van der Waals surface area contributed by atoms with Gasteiger partial charge < -0.3 is 20.1 Å². The summed E-state index contributed by atoms with van der Waals surface area (Å²) < 4.78 is 2.03. The van der Waals surface area contributed by atoms with E-state index < -0.39 is 5.54 Å². The third-order valence-electron chi connectivity index (χ3n) is 3.06. The van der Waals surface area contributed by atoms with Crippen molar-refractivity contribution >= 4 is 0 Å². The highest BCUT2D eigenvalue weighted by Gasteiger charge is 2.25. The van der Waals surface area contributed by atoms with Crippen LogP contribution in [0.3, 0.4) is 0 Å². The summed E-state index contributed by atoms with van der Waals surface area (Å²) in [5.74, 6) is 0.969. The van der Waals surface area contributed by atoms with E-state index in [4.69, 9.17) is 0 Å². The molecule has 3 N–H and O–H groups in total. The van der Waals surface area contributed by atoms with E-state index >= 15 is 0 Å². The second-order valence-corrected chi connectivity index (χ2v) is 4.04. The third-order valence-corrected chi connectivity index (χ3v) is 3.06. The van der Waals surface area contributed by atoms with Crippen LogP contribution in [-0.4, -0.2) is 45.1 Å². The molecule has 0 atom stereocenters. The van der Waals surface area contributed by atoms with E-state index in [1.807, 2.05) is 24.6 Å². The van der Waals surface area contributed by atoms with Crippen molar-refractivity contribution < 1.29 is 10.2 Å². The molecule has 5 nitrogen and oxygen atoms in total. The molecule has 5 heteroatoms. The van der Waals surface area contributed by atoms with Crippen molar-refractivity contribution in [2.45, 2.75) is 32.4 Å². The lowest BCUT2D eigenvalue weighted by atomic mass is 9.99. The fourth-order valence-corrected chi connectivity index (χ4v) is 1.59. The average Bonchev–Trinajstić information content (AvgIpc) is 2.71. The van der Waals surface area contributed by atoms with Crippen molar-refractivity contribution in [2.75, 3.05) is 19.8 Å². The number of rotatable bonds is 7. The van der Waals surface area contributed by atoms with Gasteiger partial charge in [0.15, 0.2) is 0 Å². The van der Waals surface area contributed by atoms with Crippen LogP contribution in [0.1, 0.15) is 19.2 Å². The Morgan fingerprint density at radius 3 is 2.56 bits per heavy atom. The summed E-state index contributed by atoms with van der Waals surface area (Å²) in [6, 6.07) is 0. The van der Waals surface area contributed by atoms with Crippen LogP contribution in [0.25, 0.3) is 0 Å². The van der Waals surface area contributed by atoms with E-state index in [1.165, 1.54) is 0 Å². The zero-order valence-corrected chi connectivity index (χ0v) is 9.98. The molecule has 0 bridgehead atoms. The molecule has 0 saturated carbocycles. The molecule has 16 heavy (non-hydrogen) atoms. The van der Waals surface area contributed by atoms with Crippen molar-refractivity contribution in [3.8, 4) is 0 Å². The van der Waals surface area contributed by atoms with Crippen molar-refractivity contribution in [1.82, 2.24) is 14.9 Å². The maximum absolute atomic E-state index is 9.25. The van der Waals surface area contributed by atoms with Crippen LogP contribution < -0.4 is 5.32 Å². The first-order chi connectivity index (χ1) is 7.67. The van der Waals surface area contributed by atoms with E-state index in [0.29, 0.717) is 13.0 Å². The summed E-state index contributed by atoms with van der Waals surface area (Å²) in [6.45, 7) is 5.28. The Balaban J connectivity index is 2.42. The van der Waals surface area contributed by atoms with Gasteiger partial charge in [-0.1, -0.05) is 6.92 Å². The lowest BCUT2D eigenvalue weighted by Crippen LogP contribution is -2.52. The number of nitrogens with zero attached hydrogens (tertiary/aromatic N) is 2. The smallest absolute Gasteiger partial charge is 0.105 e. The van der Waals surface area contributed by atoms with Crippen LogP contribution in [0.2, 0.25) is 0 Å². The van der Waals surface area contributed by atoms with Crippen molar-refractivity contribution in [1.29, 1.82) is 0 Å². The lowest BCUT2D eigenvalue weighted by molar-refractivity contribution is 0.0872. The van der Waals surface area contributed by atoms with Gasteiger partial charge in [-0.2, -0.15) is 0 Å². The summed E-state index contributed by atoms with van der Waals surface area (Å²) in [5.41, 5.74) is -0.561. The van der Waals surface area contributed by atoms with Gasteiger partial charge in [-0.05, 0) is 13.3 Å². The standard InChI is InChI=1S/C11H21N3O2/c1-3-11(8-15,9-16)13-5-7-14-6-4-12-10(14)2/h4,6,13,15-16H,3,5,7-9H2,1-2H3. The minimum absolute atomic E-state index is 0.0527. The van der Waals surface area contributed by atoms with Crippen LogP contribution in [0.15, 0.2) is 12.4 Å². The van der Waals surface area contributed by atoms with Crippen LogP contribution in [0.5, 0.6) is 0 Å². The molecule has 0 aliphatic carbocycles. The molecule has 0 unspecified atom stereocenters. The van der Waals surface area contributed by atoms with Gasteiger partial charge in [-0.15, -0.1) is 0 Å². The van der Waals surface area contributed by atoms with Crippen LogP contribution in [0.4, 0.5) is 0 Å². The molecular weight excluding hydrogens is 206 g/mol. The fourth-order valence-electron chi connectivity index (χ4n) is 1.59. The van der Waals surface area contributed by atoms with Gasteiger partial charge in [0.2, 0.25) is 0 Å². The SMILES string of the molecule is CCC(CO)(CO)NCCn1ccnc1C. The van der Waals surface area contributed by atoms with E-state index in [2.05, 4.69) is 10.3 Å². The molecule has 1 aromatic rings. The molecule has 1 heterocycles. The quantitative estimate of drug-likeness (QED) is 0.609. The summed E-state index contributed by atoms with van der Waals surface area (Å²) in [5, 5.41) is 21.7. The van der Waals surface area contributed by atoms with Gasteiger partial charge in [0, 0.05) is 25.5 Å². The maximum Gasteiger partial charge on any atom is 0.105 e. The molecule has 0 fully saturated rings. The van der Waals surface area contributed by atoms with Crippen LogP contribution in [0, 0.1) is 6.92 Å². The Bertz CT molecular complexity index is 300. The number of hydrogen-bond donors (Lipinski definition) is 3. The lowest BCUT2D eigenvalue weighted by Gasteiger charge is -2.30. The molecule has 0 aromatic carbocycles. The summed E-state index contributed by atoms with van der Waals surface area (Å²) in [6.07, 6.45) is 4.38. The monoisotopic (exact) mass is 227 g/mol. The topological polar surface area (TPSA) is 70.3 Å². The Hall–Kier alpha value is -0.910. The van der Waals surface area contributed by atoms with E-state index in [1.54, 1.807) is 6.20 Å². The fraction of sp³-hybridized carbons (Fsp3) is 0.727. The summed E-state index contributed by atoms with van der Waals surface area (Å²) in [7, 11) is 0. The largest absolute Gasteiger partial charge is 0.394 e. The highest BCUT2D eigenvalue weighted by Crippen LogP contribution is 2.07. The van der Waals surface area contributed by atoms with Gasteiger partial charge in [0.25, 0.3) is 0 Å². The average molecular weight is 227 g/mol. The van der Waals surface area contributed by atoms with Gasteiger partial charge in [0.05, 0.1) is 18.8 Å². The number of hydrogen-bond acceptors (Lipinski definition) is 4. The molecule has 0 aliphatic heterocycles. The first-order valence-corrected chi connectivity index (χ1v) is 5.62. The normalized spacial score (nSPS) is 12.0. The number of aliphatic hydroxyl groups is 2. The molecule has 1 rings (SSSR count). The third kappa shape index (κ3) is 3.04. The van der Waals surface area contributed by atoms with Crippen molar-refractivity contribution in [2.24, 2.45) is 0 Å². The molecule has 0 amide bonds. The number of nitrogens with one attached hydrogen (secondary N) is 1. The van der Waals surface area contributed by atoms with Gasteiger partial charge in [-0.25, -0.2) is 4.98 Å². The minimum atomic E-state index is -0.561. The maximum atomic E-state index is 9.25. The summed E-state index contributed by atoms with van der Waals surface area (Å²) in [4.78, 5) is 4.13. The number of imidazole rings is 1. The van der Waals surface area contributed by atoms with Gasteiger partial charge in [-0.3, -0.25) is 0 Å². The summed E-state index contributed by atoms with van der Waals surface area (Å²) >= 11 is 0. The molecule has 1 aromatic heterocycles. The molecule has 0 spiro atoms. The van der Waals surface area contributed by atoms with Crippen LogP contribution >= 0.6 is 0 Å². The molecular formula is C11H21N3O2. The Labute approximate surface area is 96.1 Å². The first kappa shape index (κ1) is 13.2. The van der Waals surface area contributed by atoms with E-state index in [9.17, 15) is 10.2 Å². The number of aromatic nitrogens is 2. The number of aliphatic hydroxyl groups excluding tert-OH is 2. The molecule has 0 radical (unpaired) electrons.